The van der Waals surface area contributed by atoms with Gasteiger partial charge in [0.15, 0.2) is 5.69 Å². The number of nitro groups is 1. The summed E-state index contributed by atoms with van der Waals surface area (Å²) < 4.78 is 40.8. The van der Waals surface area contributed by atoms with E-state index < -0.39 is 29.2 Å². The maximum atomic E-state index is 13.3. The molecule has 0 radical (unpaired) electrons. The summed E-state index contributed by atoms with van der Waals surface area (Å²) in [6.07, 6.45) is -3.23. The van der Waals surface area contributed by atoms with Crippen molar-refractivity contribution in [2.75, 3.05) is 5.32 Å². The highest BCUT2D eigenvalue weighted by atomic mass is 79.9. The zero-order chi connectivity index (χ0) is 24.6. The Labute approximate surface area is 205 Å². The summed E-state index contributed by atoms with van der Waals surface area (Å²) in [5, 5.41) is 17.6. The number of nitrogens with zero attached hydrogens (tertiary/aromatic N) is 3. The molecule has 7 nitrogen and oxygen atoms in total. The maximum absolute atomic E-state index is 13.3. The van der Waals surface area contributed by atoms with E-state index in [0.29, 0.717) is 23.4 Å². The third-order valence-corrected chi connectivity index (χ3v) is 6.86. The second-order valence-electron chi connectivity index (χ2n) is 7.91. The number of alkyl halides is 3. The van der Waals surface area contributed by atoms with Crippen LogP contribution in [-0.4, -0.2) is 20.6 Å². The molecule has 4 rings (SSSR count). The van der Waals surface area contributed by atoms with Crippen molar-refractivity contribution in [2.24, 2.45) is 0 Å². The highest BCUT2D eigenvalue weighted by Crippen LogP contribution is 2.47. The Morgan fingerprint density at radius 2 is 1.91 bits per heavy atom. The number of aromatic nitrogens is 2. The molecule has 0 unspecified atom stereocenters. The van der Waals surface area contributed by atoms with Gasteiger partial charge in [0.05, 0.1) is 15.1 Å². The van der Waals surface area contributed by atoms with Crippen LogP contribution in [0, 0.1) is 17.0 Å². The quantitative estimate of drug-likeness (QED) is 0.264. The average molecular weight is 555 g/mol. The Morgan fingerprint density at radius 3 is 2.50 bits per heavy atom. The van der Waals surface area contributed by atoms with Gasteiger partial charge in [-0.25, -0.2) is 0 Å². The fourth-order valence-corrected chi connectivity index (χ4v) is 5.14. The van der Waals surface area contributed by atoms with Crippen molar-refractivity contribution in [1.29, 1.82) is 0 Å². The van der Waals surface area contributed by atoms with Gasteiger partial charge in [0.1, 0.15) is 6.54 Å². The van der Waals surface area contributed by atoms with E-state index in [4.69, 9.17) is 0 Å². The molecule has 1 aliphatic carbocycles. The Balaban J connectivity index is 1.56. The van der Waals surface area contributed by atoms with Crippen LogP contribution in [0.25, 0.3) is 0 Å². The predicted octanol–water partition coefficient (Wildman–Crippen LogP) is 6.55. The lowest BCUT2D eigenvalue weighted by Crippen LogP contribution is -2.21. The number of rotatable bonds is 7. The smallest absolute Gasteiger partial charge is 0.324 e. The molecule has 178 valence electrons. The number of nitrogens with one attached hydrogen (secondary N) is 1. The highest BCUT2D eigenvalue weighted by molar-refractivity contribution is 9.10. The Morgan fingerprint density at radius 1 is 1.24 bits per heavy atom. The molecule has 0 aliphatic heterocycles. The lowest BCUT2D eigenvalue weighted by atomic mass is 10.2. The second kappa shape index (κ2) is 9.41. The van der Waals surface area contributed by atoms with Crippen LogP contribution in [0.5, 0.6) is 0 Å². The Hall–Kier alpha value is -2.86. The molecule has 0 bridgehead atoms. The van der Waals surface area contributed by atoms with Gasteiger partial charge in [-0.1, -0.05) is 29.5 Å². The standard InChI is InChI=1S/C22H18BrF3N4O3S/c1-12-2-6-16(7-3-12)34-17-9-14(8-15(10-17)30(32)33)27-18(31)11-29-20(13-4-5-13)19(23)21(28-29)22(24,25)26/h2-3,6-10,13H,4-5,11H2,1H3,(H,27,31). The van der Waals surface area contributed by atoms with E-state index in [2.05, 4.69) is 26.3 Å². The van der Waals surface area contributed by atoms with Crippen LogP contribution in [0.15, 0.2) is 56.7 Å². The molecule has 12 heteroatoms. The summed E-state index contributed by atoms with van der Waals surface area (Å²) >= 11 is 4.28. The molecule has 0 saturated heterocycles. The first-order chi connectivity index (χ1) is 16.0. The average Bonchev–Trinajstić information content (AvgIpc) is 3.52. The number of carbonyl (C=O) groups excluding carboxylic acids is 1. The van der Waals surface area contributed by atoms with E-state index in [1.807, 2.05) is 31.2 Å². The van der Waals surface area contributed by atoms with Crippen LogP contribution < -0.4 is 5.32 Å². The van der Waals surface area contributed by atoms with Crippen LogP contribution >= 0.6 is 27.7 Å². The summed E-state index contributed by atoms with van der Waals surface area (Å²) in [4.78, 5) is 24.9. The van der Waals surface area contributed by atoms with Crippen molar-refractivity contribution in [3.05, 3.63) is 74.0 Å². The van der Waals surface area contributed by atoms with Crippen LogP contribution in [0.2, 0.25) is 0 Å². The zero-order valence-corrected chi connectivity index (χ0v) is 20.1. The van der Waals surface area contributed by atoms with Gasteiger partial charge in [-0.05, 0) is 53.9 Å². The predicted molar refractivity (Wildman–Crippen MR) is 124 cm³/mol. The maximum Gasteiger partial charge on any atom is 0.436 e. The summed E-state index contributed by atoms with van der Waals surface area (Å²) in [7, 11) is 0. The molecule has 2 aromatic carbocycles. The van der Waals surface area contributed by atoms with Crippen LogP contribution in [0.1, 0.15) is 35.7 Å². The molecule has 1 aliphatic rings. The minimum atomic E-state index is -4.66. The minimum Gasteiger partial charge on any atom is -0.324 e. The molecule has 0 spiro atoms. The third kappa shape index (κ3) is 5.61. The van der Waals surface area contributed by atoms with E-state index in [1.165, 1.54) is 23.9 Å². The lowest BCUT2D eigenvalue weighted by molar-refractivity contribution is -0.385. The van der Waals surface area contributed by atoms with Crippen LogP contribution in [0.4, 0.5) is 24.5 Å². The van der Waals surface area contributed by atoms with Gasteiger partial charge in [0, 0.05) is 33.5 Å². The SMILES string of the molecule is Cc1ccc(Sc2cc(NC(=O)Cn3nc(C(F)(F)F)c(Br)c3C3CC3)cc([N+](=O)[O-])c2)cc1. The van der Waals surface area contributed by atoms with Gasteiger partial charge in [-0.2, -0.15) is 18.3 Å². The van der Waals surface area contributed by atoms with Crippen molar-refractivity contribution in [2.45, 2.75) is 48.2 Å². The molecule has 34 heavy (non-hydrogen) atoms. The number of halogens is 4. The summed E-state index contributed by atoms with van der Waals surface area (Å²) in [5.41, 5.74) is 0.281. The molecule has 1 N–H and O–H groups in total. The molecular weight excluding hydrogens is 537 g/mol. The lowest BCUT2D eigenvalue weighted by Gasteiger charge is -2.10. The first-order valence-corrected chi connectivity index (χ1v) is 11.8. The number of hydrogen-bond acceptors (Lipinski definition) is 5. The Kier molecular flexibility index (Phi) is 6.72. The van der Waals surface area contributed by atoms with Crippen LogP contribution in [0.3, 0.4) is 0 Å². The number of aryl methyl sites for hydroxylation is 1. The van der Waals surface area contributed by atoms with E-state index in [0.717, 1.165) is 15.1 Å². The van der Waals surface area contributed by atoms with Gasteiger partial charge in [0.25, 0.3) is 5.69 Å². The molecule has 1 amide bonds. The molecular formula is C22H18BrF3N4O3S. The van der Waals surface area contributed by atoms with E-state index in [9.17, 15) is 28.1 Å². The monoisotopic (exact) mass is 554 g/mol. The number of benzene rings is 2. The van der Waals surface area contributed by atoms with Crippen molar-refractivity contribution in [1.82, 2.24) is 9.78 Å². The molecule has 1 heterocycles. The highest BCUT2D eigenvalue weighted by Gasteiger charge is 2.42. The van der Waals surface area contributed by atoms with Gasteiger partial charge in [0.2, 0.25) is 5.91 Å². The number of amides is 1. The second-order valence-corrected chi connectivity index (χ2v) is 9.85. The summed E-state index contributed by atoms with van der Waals surface area (Å²) in [5.74, 6) is -0.737. The number of nitro benzene ring substituents is 1. The fraction of sp³-hybridized carbons (Fsp3) is 0.273. The van der Waals surface area contributed by atoms with Gasteiger partial charge in [-0.15, -0.1) is 0 Å². The third-order valence-electron chi connectivity index (χ3n) is 5.10. The van der Waals surface area contributed by atoms with Gasteiger partial charge in [-0.3, -0.25) is 19.6 Å². The first-order valence-electron chi connectivity index (χ1n) is 10.2. The van der Waals surface area contributed by atoms with Crippen molar-refractivity contribution < 1.29 is 22.9 Å². The zero-order valence-electron chi connectivity index (χ0n) is 17.7. The van der Waals surface area contributed by atoms with E-state index in [-0.39, 0.29) is 21.8 Å². The summed E-state index contributed by atoms with van der Waals surface area (Å²) in [6.45, 7) is 1.49. The number of non-ortho nitro benzene ring substituents is 1. The Bertz CT molecular complexity index is 1260. The van der Waals surface area contributed by atoms with E-state index >= 15 is 0 Å². The van der Waals surface area contributed by atoms with E-state index in [1.54, 1.807) is 6.07 Å². The first kappa shape index (κ1) is 24.3. The van der Waals surface area contributed by atoms with Crippen molar-refractivity contribution in [3.63, 3.8) is 0 Å². The molecule has 1 fully saturated rings. The van der Waals surface area contributed by atoms with Gasteiger partial charge < -0.3 is 5.32 Å². The van der Waals surface area contributed by atoms with Gasteiger partial charge >= 0.3 is 6.18 Å². The topological polar surface area (TPSA) is 90.1 Å². The normalized spacial score (nSPS) is 13.7. The summed E-state index contributed by atoms with van der Waals surface area (Å²) in [6, 6.07) is 11.8. The van der Waals surface area contributed by atoms with Crippen molar-refractivity contribution in [3.8, 4) is 0 Å². The molecule has 1 aromatic heterocycles. The fourth-order valence-electron chi connectivity index (χ4n) is 3.40. The number of anilines is 1. The van der Waals surface area contributed by atoms with Crippen molar-refractivity contribution >= 4 is 45.0 Å². The largest absolute Gasteiger partial charge is 0.436 e. The minimum absolute atomic E-state index is 0.0962. The molecule has 1 saturated carbocycles. The number of hydrogen-bond donors (Lipinski definition) is 1. The molecule has 0 atom stereocenters. The molecule has 3 aromatic rings. The van der Waals surface area contributed by atoms with Crippen LogP contribution in [-0.2, 0) is 17.5 Å². The number of carbonyl (C=O) groups is 1.